The molecule has 4 aromatic rings. The second kappa shape index (κ2) is 10.2. The van der Waals surface area contributed by atoms with Crippen molar-refractivity contribution in [2.75, 3.05) is 6.61 Å². The Morgan fingerprint density at radius 3 is 2.49 bits per heavy atom. The number of nitrogens with one attached hydrogen (secondary N) is 2. The molecular weight excluding hydrogens is 490 g/mol. The van der Waals surface area contributed by atoms with Gasteiger partial charge in [-0.1, -0.05) is 66.2 Å². The average molecular weight is 518 g/mol. The number of para-hydroxylation sites is 1. The molecule has 0 bridgehead atoms. The Morgan fingerprint density at radius 1 is 1.05 bits per heavy atom. The van der Waals surface area contributed by atoms with Gasteiger partial charge in [-0.25, -0.2) is 18.1 Å². The van der Waals surface area contributed by atoms with Crippen molar-refractivity contribution in [2.24, 2.45) is 0 Å². The third kappa shape index (κ3) is 5.42. The van der Waals surface area contributed by atoms with E-state index in [1.807, 2.05) is 67.6 Å². The largest absolute Gasteiger partial charge is 0.447 e. The van der Waals surface area contributed by atoms with Crippen LogP contribution in [0.2, 0.25) is 0 Å². The van der Waals surface area contributed by atoms with Gasteiger partial charge in [-0.3, -0.25) is 4.79 Å². The molecule has 1 aliphatic heterocycles. The summed E-state index contributed by atoms with van der Waals surface area (Å²) < 4.78 is 34.3. The zero-order valence-electron chi connectivity index (χ0n) is 20.3. The van der Waals surface area contributed by atoms with Crippen molar-refractivity contribution in [3.05, 3.63) is 102 Å². The standard InChI is InChI=1S/C28H27N3O5S/c1-19-11-13-24(14-12-19)37(34,35)30-26(17-22-16-21-9-5-6-10-25(21)29-22)27(32)31-23(18-36-28(31)33)15-20-7-3-2-4-8-20/h2-14,16,23,26,29-30H,15,17-18H2,1H3/t23-,26+/m1/s1. The molecule has 37 heavy (non-hydrogen) atoms. The molecule has 3 aromatic carbocycles. The van der Waals surface area contributed by atoms with E-state index in [9.17, 15) is 18.0 Å². The van der Waals surface area contributed by atoms with Crippen LogP contribution in [0.15, 0.2) is 89.8 Å². The van der Waals surface area contributed by atoms with Crippen molar-refractivity contribution in [3.8, 4) is 0 Å². The van der Waals surface area contributed by atoms with Crippen molar-refractivity contribution in [2.45, 2.75) is 36.7 Å². The topological polar surface area (TPSA) is 109 Å². The highest BCUT2D eigenvalue weighted by molar-refractivity contribution is 7.89. The van der Waals surface area contributed by atoms with E-state index in [1.54, 1.807) is 12.1 Å². The Morgan fingerprint density at radius 2 is 1.76 bits per heavy atom. The van der Waals surface area contributed by atoms with Gasteiger partial charge in [0.15, 0.2) is 0 Å². The maximum atomic E-state index is 13.8. The molecule has 2 heterocycles. The van der Waals surface area contributed by atoms with Gasteiger partial charge >= 0.3 is 6.09 Å². The number of H-pyrrole nitrogens is 1. The van der Waals surface area contributed by atoms with E-state index in [0.717, 1.165) is 26.9 Å². The lowest BCUT2D eigenvalue weighted by Gasteiger charge is -2.25. The lowest BCUT2D eigenvalue weighted by atomic mass is 10.0. The van der Waals surface area contributed by atoms with Crippen LogP contribution in [-0.4, -0.2) is 49.0 Å². The molecule has 0 spiro atoms. The van der Waals surface area contributed by atoms with Crippen molar-refractivity contribution in [3.63, 3.8) is 0 Å². The predicted molar refractivity (Wildman–Crippen MR) is 139 cm³/mol. The van der Waals surface area contributed by atoms with Crippen LogP contribution in [0.5, 0.6) is 0 Å². The summed E-state index contributed by atoms with van der Waals surface area (Å²) in [6.07, 6.45) is -0.343. The molecule has 2 N–H and O–H groups in total. The molecule has 1 saturated heterocycles. The SMILES string of the molecule is Cc1ccc(S(=O)(=O)N[C@@H](Cc2cc3ccccc3[nH]2)C(=O)N2C(=O)OC[C@H]2Cc2ccccc2)cc1. The quantitative estimate of drug-likeness (QED) is 0.368. The fourth-order valence-corrected chi connectivity index (χ4v) is 5.74. The fraction of sp³-hybridized carbons (Fsp3) is 0.214. The summed E-state index contributed by atoms with van der Waals surface area (Å²) >= 11 is 0. The van der Waals surface area contributed by atoms with E-state index in [2.05, 4.69) is 9.71 Å². The first-order valence-corrected chi connectivity index (χ1v) is 13.5. The molecule has 0 saturated carbocycles. The number of ether oxygens (including phenoxy) is 1. The highest BCUT2D eigenvalue weighted by Crippen LogP contribution is 2.22. The number of aryl methyl sites for hydroxylation is 1. The van der Waals surface area contributed by atoms with Gasteiger partial charge in [0.05, 0.1) is 10.9 Å². The molecule has 0 aliphatic carbocycles. The van der Waals surface area contributed by atoms with Gasteiger partial charge < -0.3 is 9.72 Å². The Balaban J connectivity index is 1.46. The maximum absolute atomic E-state index is 13.8. The van der Waals surface area contributed by atoms with Gasteiger partial charge in [0.25, 0.3) is 5.91 Å². The number of imide groups is 1. The average Bonchev–Trinajstić information content (AvgIpc) is 3.46. The fourth-order valence-electron chi connectivity index (χ4n) is 4.55. The number of amides is 2. The third-order valence-corrected chi connectivity index (χ3v) is 7.94. The number of sulfonamides is 1. The smallest absolute Gasteiger partial charge is 0.417 e. The van der Waals surface area contributed by atoms with Crippen LogP contribution in [0.4, 0.5) is 4.79 Å². The molecule has 1 fully saturated rings. The van der Waals surface area contributed by atoms with Crippen LogP contribution >= 0.6 is 0 Å². The predicted octanol–water partition coefficient (Wildman–Crippen LogP) is 3.96. The molecule has 1 aliphatic rings. The number of rotatable bonds is 8. The van der Waals surface area contributed by atoms with Gasteiger partial charge in [0, 0.05) is 17.6 Å². The van der Waals surface area contributed by atoms with Gasteiger partial charge in [-0.15, -0.1) is 0 Å². The number of benzene rings is 3. The molecule has 9 heteroatoms. The second-order valence-electron chi connectivity index (χ2n) is 9.20. The first-order chi connectivity index (χ1) is 17.8. The Labute approximate surface area is 215 Å². The van der Waals surface area contributed by atoms with Gasteiger partial charge in [-0.2, -0.15) is 4.72 Å². The van der Waals surface area contributed by atoms with Crippen LogP contribution in [0, 0.1) is 6.92 Å². The lowest BCUT2D eigenvalue weighted by Crippen LogP contribution is -2.52. The van der Waals surface area contributed by atoms with Crippen LogP contribution in [0.25, 0.3) is 10.9 Å². The zero-order valence-corrected chi connectivity index (χ0v) is 21.1. The summed E-state index contributed by atoms with van der Waals surface area (Å²) in [5.74, 6) is -0.655. The molecule has 190 valence electrons. The zero-order chi connectivity index (χ0) is 26.0. The monoisotopic (exact) mass is 517 g/mol. The maximum Gasteiger partial charge on any atom is 0.417 e. The molecule has 0 unspecified atom stereocenters. The first-order valence-electron chi connectivity index (χ1n) is 12.0. The van der Waals surface area contributed by atoms with Gasteiger partial charge in [-0.05, 0) is 48.6 Å². The van der Waals surface area contributed by atoms with Crippen molar-refractivity contribution in [1.82, 2.24) is 14.6 Å². The summed E-state index contributed by atoms with van der Waals surface area (Å²) in [6.45, 7) is 1.90. The third-order valence-electron chi connectivity index (χ3n) is 6.45. The number of cyclic esters (lactones) is 1. The first kappa shape index (κ1) is 24.7. The summed E-state index contributed by atoms with van der Waals surface area (Å²) in [5.41, 5.74) is 3.38. The summed E-state index contributed by atoms with van der Waals surface area (Å²) in [5, 5.41) is 0.938. The number of fused-ring (bicyclic) bond motifs is 1. The lowest BCUT2D eigenvalue weighted by molar-refractivity contribution is -0.130. The molecule has 2 atom stereocenters. The van der Waals surface area contributed by atoms with E-state index in [-0.39, 0.29) is 17.9 Å². The van der Waals surface area contributed by atoms with Crippen LogP contribution < -0.4 is 4.72 Å². The molecular formula is C28H27N3O5S. The molecule has 5 rings (SSSR count). The Hall–Kier alpha value is -3.95. The van der Waals surface area contributed by atoms with Crippen molar-refractivity contribution in [1.29, 1.82) is 0 Å². The number of aromatic nitrogens is 1. The number of nitrogens with zero attached hydrogens (tertiary/aromatic N) is 1. The highest BCUT2D eigenvalue weighted by atomic mass is 32.2. The summed E-state index contributed by atoms with van der Waals surface area (Å²) in [6, 6.07) is 23.6. The number of carbonyl (C=O) groups excluding carboxylic acids is 2. The van der Waals surface area contributed by atoms with Crippen molar-refractivity contribution >= 4 is 32.9 Å². The number of hydrogen-bond donors (Lipinski definition) is 2. The Kier molecular flexibility index (Phi) is 6.82. The van der Waals surface area contributed by atoms with Gasteiger partial charge in [0.2, 0.25) is 10.0 Å². The second-order valence-corrected chi connectivity index (χ2v) is 10.9. The van der Waals surface area contributed by atoms with Crippen LogP contribution in [0.3, 0.4) is 0 Å². The van der Waals surface area contributed by atoms with Gasteiger partial charge in [0.1, 0.15) is 12.6 Å². The van der Waals surface area contributed by atoms with Crippen molar-refractivity contribution < 1.29 is 22.7 Å². The van der Waals surface area contributed by atoms with E-state index in [4.69, 9.17) is 4.74 Å². The number of aromatic amines is 1. The molecule has 0 radical (unpaired) electrons. The van der Waals surface area contributed by atoms with E-state index in [0.29, 0.717) is 12.1 Å². The van der Waals surface area contributed by atoms with E-state index in [1.165, 1.54) is 12.1 Å². The molecule has 8 nitrogen and oxygen atoms in total. The number of carbonyl (C=O) groups is 2. The van der Waals surface area contributed by atoms with E-state index >= 15 is 0 Å². The summed E-state index contributed by atoms with van der Waals surface area (Å²) in [7, 11) is -4.06. The minimum absolute atomic E-state index is 0.0282. The van der Waals surface area contributed by atoms with Crippen LogP contribution in [-0.2, 0) is 32.4 Å². The minimum atomic E-state index is -4.06. The van der Waals surface area contributed by atoms with Crippen LogP contribution in [0.1, 0.15) is 16.8 Å². The minimum Gasteiger partial charge on any atom is -0.447 e. The Bertz CT molecular complexity index is 1500. The highest BCUT2D eigenvalue weighted by Gasteiger charge is 2.42. The molecule has 1 aromatic heterocycles. The molecule has 2 amide bonds. The normalized spacial score (nSPS) is 16.6. The number of hydrogen-bond acceptors (Lipinski definition) is 5. The summed E-state index contributed by atoms with van der Waals surface area (Å²) in [4.78, 5) is 30.8. The van der Waals surface area contributed by atoms with E-state index < -0.39 is 34.1 Å².